The van der Waals surface area contributed by atoms with Crippen LogP contribution in [0.5, 0.6) is 5.75 Å². The fourth-order valence-corrected chi connectivity index (χ4v) is 3.04. The van der Waals surface area contributed by atoms with Crippen LogP contribution in [0, 0.1) is 6.92 Å². The summed E-state index contributed by atoms with van der Waals surface area (Å²) in [7, 11) is 0. The highest BCUT2D eigenvalue weighted by Gasteiger charge is 2.30. The second kappa shape index (κ2) is 5.82. The second-order valence-corrected chi connectivity index (χ2v) is 5.87. The van der Waals surface area contributed by atoms with Gasteiger partial charge in [0.1, 0.15) is 5.75 Å². The quantitative estimate of drug-likeness (QED) is 0.383. The molecule has 1 heterocycles. The van der Waals surface area contributed by atoms with Crippen LogP contribution in [0.25, 0.3) is 11.1 Å². The molecule has 3 aromatic rings. The second-order valence-electron chi connectivity index (χ2n) is 5.87. The lowest BCUT2D eigenvalue weighted by atomic mass is 9.90. The number of carbonyl (C=O) groups excluding carboxylic acids is 1. The molecular weight excluding hydrogens is 296 g/mol. The molecule has 0 saturated carbocycles. The average Bonchev–Trinajstić information content (AvgIpc) is 2.94. The van der Waals surface area contributed by atoms with Gasteiger partial charge < -0.3 is 4.74 Å². The molecule has 0 radical (unpaired) electrons. The molecule has 116 valence electrons. The van der Waals surface area contributed by atoms with Crippen molar-refractivity contribution >= 4 is 17.1 Å². The number of benzene rings is 3. The molecule has 0 atom stereocenters. The van der Waals surface area contributed by atoms with E-state index in [1.807, 2.05) is 54.6 Å². The van der Waals surface area contributed by atoms with E-state index in [1.165, 1.54) is 5.56 Å². The fourth-order valence-electron chi connectivity index (χ4n) is 3.04. The molecule has 24 heavy (non-hydrogen) atoms. The van der Waals surface area contributed by atoms with Crippen molar-refractivity contribution in [2.45, 2.75) is 6.92 Å². The number of fused-ring (bicyclic) bond motifs is 1. The van der Waals surface area contributed by atoms with Gasteiger partial charge in [-0.2, -0.15) is 0 Å². The number of para-hydroxylation sites is 1. The van der Waals surface area contributed by atoms with E-state index < -0.39 is 0 Å². The SMILES string of the molecule is Cc1ccc(/C(=C2\C(=O)Oc3ccccc32)c2ccccc2)cc1. The van der Waals surface area contributed by atoms with E-state index in [4.69, 9.17) is 4.74 Å². The third-order valence-corrected chi connectivity index (χ3v) is 4.22. The van der Waals surface area contributed by atoms with Crippen molar-refractivity contribution in [1.29, 1.82) is 0 Å². The van der Waals surface area contributed by atoms with Gasteiger partial charge in [0.15, 0.2) is 0 Å². The molecule has 0 amide bonds. The van der Waals surface area contributed by atoms with Gasteiger partial charge >= 0.3 is 5.97 Å². The lowest BCUT2D eigenvalue weighted by Crippen LogP contribution is -2.04. The maximum Gasteiger partial charge on any atom is 0.344 e. The van der Waals surface area contributed by atoms with Crippen molar-refractivity contribution in [2.24, 2.45) is 0 Å². The highest BCUT2D eigenvalue weighted by Crippen LogP contribution is 2.41. The Hall–Kier alpha value is -3.13. The van der Waals surface area contributed by atoms with Crippen LogP contribution >= 0.6 is 0 Å². The first-order valence-electron chi connectivity index (χ1n) is 7.92. The lowest BCUT2D eigenvalue weighted by molar-refractivity contribution is -0.126. The first kappa shape index (κ1) is 14.5. The summed E-state index contributed by atoms with van der Waals surface area (Å²) < 4.78 is 5.47. The standard InChI is InChI=1S/C22H16O2/c1-15-11-13-17(14-12-15)20(16-7-3-2-4-8-16)21-18-9-5-6-10-19(18)24-22(21)23/h2-14H,1H3/b21-20-. The minimum atomic E-state index is -0.296. The van der Waals surface area contributed by atoms with Gasteiger partial charge in [-0.1, -0.05) is 78.4 Å². The van der Waals surface area contributed by atoms with Crippen LogP contribution in [-0.2, 0) is 4.79 Å². The fraction of sp³-hybridized carbons (Fsp3) is 0.0455. The van der Waals surface area contributed by atoms with E-state index in [-0.39, 0.29) is 5.97 Å². The van der Waals surface area contributed by atoms with Crippen LogP contribution in [0.3, 0.4) is 0 Å². The van der Waals surface area contributed by atoms with Gasteiger partial charge in [-0.3, -0.25) is 0 Å². The van der Waals surface area contributed by atoms with Crippen molar-refractivity contribution < 1.29 is 9.53 Å². The smallest absolute Gasteiger partial charge is 0.344 e. The van der Waals surface area contributed by atoms with Crippen LogP contribution in [0.15, 0.2) is 78.9 Å². The highest BCUT2D eigenvalue weighted by molar-refractivity contribution is 6.30. The van der Waals surface area contributed by atoms with Crippen molar-refractivity contribution in [3.8, 4) is 5.75 Å². The number of esters is 1. The van der Waals surface area contributed by atoms with Gasteiger partial charge in [0, 0.05) is 11.1 Å². The Bertz CT molecular complexity index is 935. The molecule has 0 N–H and O–H groups in total. The summed E-state index contributed by atoms with van der Waals surface area (Å²) in [6.45, 7) is 2.05. The summed E-state index contributed by atoms with van der Waals surface area (Å²) >= 11 is 0. The van der Waals surface area contributed by atoms with Crippen LogP contribution in [-0.4, -0.2) is 5.97 Å². The molecule has 0 bridgehead atoms. The first-order valence-corrected chi connectivity index (χ1v) is 7.92. The Labute approximate surface area is 141 Å². The van der Waals surface area contributed by atoms with E-state index in [9.17, 15) is 4.79 Å². The van der Waals surface area contributed by atoms with Crippen LogP contribution in [0.4, 0.5) is 0 Å². The number of rotatable bonds is 2. The zero-order valence-electron chi connectivity index (χ0n) is 13.3. The Balaban J connectivity index is 2.03. The first-order chi connectivity index (χ1) is 11.7. The zero-order valence-corrected chi connectivity index (χ0v) is 13.3. The molecule has 0 saturated heterocycles. The van der Waals surface area contributed by atoms with Gasteiger partial charge in [-0.05, 0) is 24.1 Å². The third kappa shape index (κ3) is 2.42. The summed E-state index contributed by atoms with van der Waals surface area (Å²) in [4.78, 5) is 12.6. The molecule has 0 spiro atoms. The lowest BCUT2D eigenvalue weighted by Gasteiger charge is -2.12. The zero-order chi connectivity index (χ0) is 16.5. The monoisotopic (exact) mass is 312 g/mol. The molecule has 0 fully saturated rings. The average molecular weight is 312 g/mol. The molecule has 0 aromatic heterocycles. The summed E-state index contributed by atoms with van der Waals surface area (Å²) in [6, 6.07) is 25.8. The van der Waals surface area contributed by atoms with Crippen molar-refractivity contribution in [2.75, 3.05) is 0 Å². The Kier molecular flexibility index (Phi) is 3.51. The van der Waals surface area contributed by atoms with Gasteiger partial charge in [-0.25, -0.2) is 4.79 Å². The highest BCUT2D eigenvalue weighted by atomic mass is 16.5. The molecule has 1 aliphatic rings. The minimum Gasteiger partial charge on any atom is -0.422 e. The molecule has 4 rings (SSSR count). The molecule has 2 heteroatoms. The Morgan fingerprint density at radius 2 is 1.38 bits per heavy atom. The third-order valence-electron chi connectivity index (χ3n) is 4.22. The van der Waals surface area contributed by atoms with Crippen LogP contribution < -0.4 is 4.74 Å². The molecule has 1 aliphatic heterocycles. The Morgan fingerprint density at radius 3 is 2.12 bits per heavy atom. The van der Waals surface area contributed by atoms with E-state index in [2.05, 4.69) is 31.2 Å². The number of hydrogen-bond acceptors (Lipinski definition) is 2. The minimum absolute atomic E-state index is 0.296. The largest absolute Gasteiger partial charge is 0.422 e. The maximum atomic E-state index is 12.6. The van der Waals surface area contributed by atoms with Gasteiger partial charge in [0.2, 0.25) is 0 Å². The molecule has 3 aromatic carbocycles. The normalized spacial score (nSPS) is 15.0. The summed E-state index contributed by atoms with van der Waals surface area (Å²) in [5.41, 5.74) is 5.58. The van der Waals surface area contributed by atoms with Crippen molar-refractivity contribution in [3.05, 3.63) is 101 Å². The van der Waals surface area contributed by atoms with E-state index >= 15 is 0 Å². The van der Waals surface area contributed by atoms with Gasteiger partial charge in [-0.15, -0.1) is 0 Å². The number of ether oxygens (including phenoxy) is 1. The van der Waals surface area contributed by atoms with E-state index in [1.54, 1.807) is 0 Å². The predicted octanol–water partition coefficient (Wildman–Crippen LogP) is 4.87. The predicted molar refractivity (Wildman–Crippen MR) is 95.6 cm³/mol. The summed E-state index contributed by atoms with van der Waals surface area (Å²) in [6.07, 6.45) is 0. The van der Waals surface area contributed by atoms with Gasteiger partial charge in [0.05, 0.1) is 5.57 Å². The van der Waals surface area contributed by atoms with E-state index in [0.29, 0.717) is 11.3 Å². The summed E-state index contributed by atoms with van der Waals surface area (Å²) in [5, 5.41) is 0. The van der Waals surface area contributed by atoms with Crippen LogP contribution in [0.2, 0.25) is 0 Å². The summed E-state index contributed by atoms with van der Waals surface area (Å²) in [5.74, 6) is 0.327. The molecule has 2 nitrogen and oxygen atoms in total. The van der Waals surface area contributed by atoms with Crippen molar-refractivity contribution in [1.82, 2.24) is 0 Å². The molecule has 0 aliphatic carbocycles. The number of hydrogen-bond donors (Lipinski definition) is 0. The van der Waals surface area contributed by atoms with Crippen LogP contribution in [0.1, 0.15) is 22.3 Å². The number of carbonyl (C=O) groups is 1. The maximum absolute atomic E-state index is 12.6. The van der Waals surface area contributed by atoms with Gasteiger partial charge in [0.25, 0.3) is 0 Å². The number of aryl methyl sites for hydroxylation is 1. The molecular formula is C22H16O2. The topological polar surface area (TPSA) is 26.3 Å². The molecule has 0 unspecified atom stereocenters. The van der Waals surface area contributed by atoms with Crippen molar-refractivity contribution in [3.63, 3.8) is 0 Å². The Morgan fingerprint density at radius 1 is 0.750 bits per heavy atom. The van der Waals surface area contributed by atoms with E-state index in [0.717, 1.165) is 22.3 Å².